The third kappa shape index (κ3) is 1.59. The van der Waals surface area contributed by atoms with Crippen molar-refractivity contribution in [3.63, 3.8) is 0 Å². The first-order chi connectivity index (χ1) is 11.7. The van der Waals surface area contributed by atoms with Crippen LogP contribution in [0.25, 0.3) is 43.4 Å². The van der Waals surface area contributed by atoms with Crippen LogP contribution in [-0.2, 0) is 7.05 Å². The Kier molecular flexibility index (Phi) is 2.62. The molecule has 0 saturated heterocycles. The van der Waals surface area contributed by atoms with E-state index in [4.69, 9.17) is 0 Å². The van der Waals surface area contributed by atoms with E-state index in [2.05, 4.69) is 86.1 Å². The average molecular weight is 309 g/mol. The van der Waals surface area contributed by atoms with Crippen molar-refractivity contribution in [2.45, 2.75) is 13.8 Å². The summed E-state index contributed by atoms with van der Waals surface area (Å²) in [7, 11) is 2.20. The Balaban J connectivity index is 2.13. The van der Waals surface area contributed by atoms with Gasteiger partial charge in [0, 0.05) is 17.8 Å². The van der Waals surface area contributed by atoms with Crippen LogP contribution in [0, 0.1) is 13.8 Å². The molecule has 0 fully saturated rings. The highest BCUT2D eigenvalue weighted by atomic mass is 14.9. The molecule has 116 valence electrons. The molecule has 4 aromatic carbocycles. The van der Waals surface area contributed by atoms with E-state index in [1.54, 1.807) is 0 Å². The van der Waals surface area contributed by atoms with Crippen LogP contribution in [0.5, 0.6) is 0 Å². The van der Waals surface area contributed by atoms with Crippen LogP contribution in [0.4, 0.5) is 0 Å². The summed E-state index contributed by atoms with van der Waals surface area (Å²) in [6.07, 6.45) is 0. The summed E-state index contributed by atoms with van der Waals surface area (Å²) in [5.41, 5.74) is 5.43. The van der Waals surface area contributed by atoms with Crippen LogP contribution < -0.4 is 0 Å². The zero-order chi connectivity index (χ0) is 16.4. The monoisotopic (exact) mass is 309 g/mol. The number of aryl methyl sites for hydroxylation is 3. The van der Waals surface area contributed by atoms with E-state index < -0.39 is 0 Å². The second-order valence-electron chi connectivity index (χ2n) is 6.80. The highest BCUT2D eigenvalue weighted by molar-refractivity contribution is 6.18. The molecule has 0 amide bonds. The van der Waals surface area contributed by atoms with Gasteiger partial charge in [-0.2, -0.15) is 0 Å². The minimum absolute atomic E-state index is 1.32. The minimum Gasteiger partial charge on any atom is -0.343 e. The van der Waals surface area contributed by atoms with Gasteiger partial charge in [0.2, 0.25) is 0 Å². The van der Waals surface area contributed by atoms with Crippen molar-refractivity contribution in [2.75, 3.05) is 0 Å². The second kappa shape index (κ2) is 4.61. The lowest BCUT2D eigenvalue weighted by Gasteiger charge is -2.08. The maximum absolute atomic E-state index is 2.38. The zero-order valence-corrected chi connectivity index (χ0v) is 14.2. The molecule has 0 radical (unpaired) electrons. The van der Waals surface area contributed by atoms with Gasteiger partial charge in [-0.3, -0.25) is 0 Å². The van der Waals surface area contributed by atoms with E-state index in [1.165, 1.54) is 54.5 Å². The number of nitrogens with zero attached hydrogens (tertiary/aromatic N) is 1. The second-order valence-corrected chi connectivity index (χ2v) is 6.80. The fraction of sp³-hybridized carbons (Fsp3) is 0.130. The first-order valence-corrected chi connectivity index (χ1v) is 8.45. The Morgan fingerprint density at radius 2 is 1.00 bits per heavy atom. The Morgan fingerprint density at radius 1 is 0.583 bits per heavy atom. The summed E-state index contributed by atoms with van der Waals surface area (Å²) in [4.78, 5) is 0. The minimum atomic E-state index is 1.32. The summed E-state index contributed by atoms with van der Waals surface area (Å²) in [5, 5.41) is 8.05. The normalized spacial score (nSPS) is 12.0. The molecule has 0 atom stereocenters. The van der Waals surface area contributed by atoms with Gasteiger partial charge in [0.05, 0.1) is 11.0 Å². The molecule has 0 unspecified atom stereocenters. The predicted octanol–water partition coefficient (Wildman–Crippen LogP) is 6.25. The van der Waals surface area contributed by atoms with Gasteiger partial charge in [0.15, 0.2) is 0 Å². The molecular formula is C23H19N. The van der Waals surface area contributed by atoms with E-state index in [0.29, 0.717) is 0 Å². The van der Waals surface area contributed by atoms with E-state index >= 15 is 0 Å². The number of hydrogen-bond acceptors (Lipinski definition) is 0. The molecule has 0 bridgehead atoms. The maximum atomic E-state index is 2.38. The van der Waals surface area contributed by atoms with Crippen LogP contribution in [0.2, 0.25) is 0 Å². The van der Waals surface area contributed by atoms with Crippen LogP contribution in [0.1, 0.15) is 11.1 Å². The predicted molar refractivity (Wildman–Crippen MR) is 105 cm³/mol. The Hall–Kier alpha value is -2.80. The van der Waals surface area contributed by atoms with Crippen molar-refractivity contribution in [3.05, 3.63) is 71.8 Å². The van der Waals surface area contributed by atoms with Crippen molar-refractivity contribution in [2.24, 2.45) is 7.05 Å². The molecule has 24 heavy (non-hydrogen) atoms. The van der Waals surface area contributed by atoms with Gasteiger partial charge in [0.1, 0.15) is 0 Å². The van der Waals surface area contributed by atoms with Crippen molar-refractivity contribution < 1.29 is 0 Å². The average Bonchev–Trinajstić information content (AvgIpc) is 2.88. The molecule has 0 saturated carbocycles. The third-order valence-electron chi connectivity index (χ3n) is 5.51. The van der Waals surface area contributed by atoms with Gasteiger partial charge >= 0.3 is 0 Å². The molecule has 5 rings (SSSR count). The van der Waals surface area contributed by atoms with Crippen molar-refractivity contribution >= 4 is 43.4 Å². The number of aromatic nitrogens is 1. The van der Waals surface area contributed by atoms with Gasteiger partial charge in [-0.05, 0) is 58.7 Å². The Morgan fingerprint density at radius 3 is 1.46 bits per heavy atom. The van der Waals surface area contributed by atoms with Crippen LogP contribution in [-0.4, -0.2) is 4.57 Å². The summed E-state index contributed by atoms with van der Waals surface area (Å²) in [6, 6.07) is 22.1. The molecule has 1 heteroatoms. The first kappa shape index (κ1) is 13.6. The lowest BCUT2D eigenvalue weighted by Crippen LogP contribution is -1.92. The summed E-state index contributed by atoms with van der Waals surface area (Å²) in [5.74, 6) is 0. The molecule has 0 aliphatic heterocycles. The van der Waals surface area contributed by atoms with Gasteiger partial charge in [0.25, 0.3) is 0 Å². The quantitative estimate of drug-likeness (QED) is 0.318. The highest BCUT2D eigenvalue weighted by Gasteiger charge is 2.16. The molecular weight excluding hydrogens is 290 g/mol. The van der Waals surface area contributed by atoms with E-state index in [-0.39, 0.29) is 0 Å². The van der Waals surface area contributed by atoms with E-state index in [0.717, 1.165) is 0 Å². The lowest BCUT2D eigenvalue weighted by atomic mass is 9.98. The molecule has 1 nitrogen and oxygen atoms in total. The van der Waals surface area contributed by atoms with Crippen LogP contribution >= 0.6 is 0 Å². The van der Waals surface area contributed by atoms with Gasteiger partial charge in [-0.25, -0.2) is 0 Å². The summed E-state index contributed by atoms with van der Waals surface area (Å²) >= 11 is 0. The molecule has 1 heterocycles. The number of rotatable bonds is 0. The molecule has 0 aliphatic carbocycles. The fourth-order valence-corrected chi connectivity index (χ4v) is 4.42. The molecule has 0 aliphatic rings. The van der Waals surface area contributed by atoms with Crippen molar-refractivity contribution in [1.29, 1.82) is 0 Å². The fourth-order valence-electron chi connectivity index (χ4n) is 4.42. The van der Waals surface area contributed by atoms with Gasteiger partial charge in [-0.1, -0.05) is 48.5 Å². The molecule has 0 spiro atoms. The first-order valence-electron chi connectivity index (χ1n) is 8.45. The number of hydrogen-bond donors (Lipinski definition) is 0. The summed E-state index contributed by atoms with van der Waals surface area (Å²) < 4.78 is 2.38. The lowest BCUT2D eigenvalue weighted by molar-refractivity contribution is 1.01. The van der Waals surface area contributed by atoms with E-state index in [9.17, 15) is 0 Å². The zero-order valence-electron chi connectivity index (χ0n) is 14.2. The number of fused-ring (bicyclic) bond motifs is 5. The van der Waals surface area contributed by atoms with Crippen LogP contribution in [0.15, 0.2) is 60.7 Å². The topological polar surface area (TPSA) is 4.93 Å². The van der Waals surface area contributed by atoms with Crippen LogP contribution in [0.3, 0.4) is 0 Å². The van der Waals surface area contributed by atoms with Gasteiger partial charge < -0.3 is 4.57 Å². The standard InChI is InChI=1S/C23H19N/c1-14-18-10-6-4-8-16(18)12-20-21-13-17-9-5-7-11-19(17)15(2)23(21)24(3)22(14)20/h4-13H,1-3H3. The molecule has 1 aromatic heterocycles. The molecule has 0 N–H and O–H groups in total. The maximum Gasteiger partial charge on any atom is 0.0524 e. The number of benzene rings is 4. The Bertz CT molecular complexity index is 1170. The highest BCUT2D eigenvalue weighted by Crippen LogP contribution is 2.38. The third-order valence-corrected chi connectivity index (χ3v) is 5.51. The van der Waals surface area contributed by atoms with Gasteiger partial charge in [-0.15, -0.1) is 0 Å². The molecule has 5 aromatic rings. The largest absolute Gasteiger partial charge is 0.343 e. The summed E-state index contributed by atoms with van der Waals surface area (Å²) in [6.45, 7) is 4.50. The SMILES string of the molecule is Cc1c2ccccc2cc2c3cc4ccccc4c(C)c3n(C)c12. The Labute approximate surface area is 141 Å². The van der Waals surface area contributed by atoms with E-state index in [1.807, 2.05) is 0 Å². The van der Waals surface area contributed by atoms with Crippen molar-refractivity contribution in [3.8, 4) is 0 Å². The smallest absolute Gasteiger partial charge is 0.0524 e. The van der Waals surface area contributed by atoms with Crippen molar-refractivity contribution in [1.82, 2.24) is 4.57 Å².